The van der Waals surface area contributed by atoms with E-state index in [1.807, 2.05) is 19.9 Å². The molecule has 1 saturated carbocycles. The summed E-state index contributed by atoms with van der Waals surface area (Å²) in [7, 11) is 0. The zero-order chi connectivity index (χ0) is 22.4. The second-order valence-corrected chi connectivity index (χ2v) is 8.83. The fourth-order valence-electron chi connectivity index (χ4n) is 3.89. The summed E-state index contributed by atoms with van der Waals surface area (Å²) in [6.07, 6.45) is 6.69. The summed E-state index contributed by atoms with van der Waals surface area (Å²) in [6.45, 7) is 3.91. The molecule has 31 heavy (non-hydrogen) atoms. The van der Waals surface area contributed by atoms with Crippen LogP contribution in [0.1, 0.15) is 61.9 Å². The van der Waals surface area contributed by atoms with Crippen molar-refractivity contribution in [2.45, 2.75) is 64.0 Å². The maximum absolute atomic E-state index is 13.5. The normalized spacial score (nSPS) is 14.8. The lowest BCUT2D eigenvalue weighted by Crippen LogP contribution is -2.42. The van der Waals surface area contributed by atoms with Gasteiger partial charge >= 0.3 is 0 Å². The molecule has 3 rings (SSSR count). The van der Waals surface area contributed by atoms with Gasteiger partial charge in [0.25, 0.3) is 11.5 Å². The molecule has 2 amide bonds. The van der Waals surface area contributed by atoms with E-state index in [-0.39, 0.29) is 42.3 Å². The second-order valence-electron chi connectivity index (χ2n) is 8.83. The SMILES string of the molecule is CC(C)(CNC(=O)Cn1cccc(C(=O)NC2CCCCC2)c1=O)c1cccc(F)c1. The van der Waals surface area contributed by atoms with Crippen molar-refractivity contribution in [3.05, 3.63) is 69.9 Å². The van der Waals surface area contributed by atoms with Crippen molar-refractivity contribution in [2.75, 3.05) is 6.54 Å². The first-order valence-corrected chi connectivity index (χ1v) is 10.8. The van der Waals surface area contributed by atoms with E-state index in [0.717, 1.165) is 31.2 Å². The highest BCUT2D eigenvalue weighted by Crippen LogP contribution is 2.22. The molecule has 2 N–H and O–H groups in total. The molecule has 0 aliphatic heterocycles. The van der Waals surface area contributed by atoms with Crippen molar-refractivity contribution in [1.29, 1.82) is 0 Å². The lowest BCUT2D eigenvalue weighted by molar-refractivity contribution is -0.121. The molecule has 0 bridgehead atoms. The van der Waals surface area contributed by atoms with E-state index in [9.17, 15) is 18.8 Å². The van der Waals surface area contributed by atoms with Crippen LogP contribution in [0.3, 0.4) is 0 Å². The van der Waals surface area contributed by atoms with E-state index in [1.54, 1.807) is 12.1 Å². The number of aromatic nitrogens is 1. The van der Waals surface area contributed by atoms with Crippen molar-refractivity contribution in [2.24, 2.45) is 0 Å². The Hall–Kier alpha value is -2.96. The minimum atomic E-state index is -0.490. The summed E-state index contributed by atoms with van der Waals surface area (Å²) >= 11 is 0. The van der Waals surface area contributed by atoms with Crippen LogP contribution in [0.15, 0.2) is 47.4 Å². The quantitative estimate of drug-likeness (QED) is 0.712. The van der Waals surface area contributed by atoms with Gasteiger partial charge in [-0.15, -0.1) is 0 Å². The summed E-state index contributed by atoms with van der Waals surface area (Å²) in [5, 5.41) is 5.75. The summed E-state index contributed by atoms with van der Waals surface area (Å²) in [5.41, 5.74) is -0.160. The summed E-state index contributed by atoms with van der Waals surface area (Å²) < 4.78 is 14.8. The molecule has 1 aliphatic rings. The van der Waals surface area contributed by atoms with E-state index in [1.165, 1.54) is 35.4 Å². The molecule has 1 aromatic heterocycles. The van der Waals surface area contributed by atoms with Gasteiger partial charge in [-0.2, -0.15) is 0 Å². The van der Waals surface area contributed by atoms with Crippen molar-refractivity contribution in [3.63, 3.8) is 0 Å². The minimum Gasteiger partial charge on any atom is -0.354 e. The van der Waals surface area contributed by atoms with E-state index < -0.39 is 11.0 Å². The zero-order valence-electron chi connectivity index (χ0n) is 18.1. The summed E-state index contributed by atoms with van der Waals surface area (Å²) in [4.78, 5) is 37.7. The van der Waals surface area contributed by atoms with Gasteiger partial charge in [-0.05, 0) is 42.7 Å². The predicted octanol–water partition coefficient (Wildman–Crippen LogP) is 3.14. The maximum Gasteiger partial charge on any atom is 0.263 e. The van der Waals surface area contributed by atoms with Crippen molar-refractivity contribution in [3.8, 4) is 0 Å². The number of amides is 2. The van der Waals surface area contributed by atoms with E-state index in [0.29, 0.717) is 0 Å². The van der Waals surface area contributed by atoms with Gasteiger partial charge in [0, 0.05) is 24.2 Å². The van der Waals surface area contributed by atoms with Crippen LogP contribution >= 0.6 is 0 Å². The predicted molar refractivity (Wildman–Crippen MR) is 117 cm³/mol. The molecule has 7 heteroatoms. The molecule has 6 nitrogen and oxygen atoms in total. The lowest BCUT2D eigenvalue weighted by atomic mass is 9.84. The highest BCUT2D eigenvalue weighted by molar-refractivity contribution is 5.94. The second kappa shape index (κ2) is 9.90. The smallest absolute Gasteiger partial charge is 0.263 e. The molecular formula is C24H30FN3O3. The Balaban J connectivity index is 1.61. The number of carbonyl (C=O) groups excluding carboxylic acids is 2. The number of rotatable bonds is 7. The third kappa shape index (κ3) is 6.03. The molecule has 0 radical (unpaired) electrons. The number of benzene rings is 1. The van der Waals surface area contributed by atoms with E-state index in [4.69, 9.17) is 0 Å². The molecule has 2 aromatic rings. The Kier molecular flexibility index (Phi) is 7.25. The number of hydrogen-bond acceptors (Lipinski definition) is 3. The maximum atomic E-state index is 13.5. The number of nitrogens with one attached hydrogen (secondary N) is 2. The summed E-state index contributed by atoms with van der Waals surface area (Å²) in [6, 6.07) is 9.46. The van der Waals surface area contributed by atoms with Gasteiger partial charge in [0.05, 0.1) is 0 Å². The van der Waals surface area contributed by atoms with Crippen LogP contribution in [0.5, 0.6) is 0 Å². The average Bonchev–Trinajstić information content (AvgIpc) is 2.74. The van der Waals surface area contributed by atoms with Crippen molar-refractivity contribution < 1.29 is 14.0 Å². The fraction of sp³-hybridized carbons (Fsp3) is 0.458. The molecule has 0 atom stereocenters. The van der Waals surface area contributed by atoms with Crippen LogP contribution in [0.4, 0.5) is 4.39 Å². The Bertz CT molecular complexity index is 994. The lowest BCUT2D eigenvalue weighted by Gasteiger charge is -2.26. The van der Waals surface area contributed by atoms with Gasteiger partial charge in [0.2, 0.25) is 5.91 Å². The highest BCUT2D eigenvalue weighted by atomic mass is 19.1. The molecule has 0 spiro atoms. The first kappa shape index (κ1) is 22.7. The van der Waals surface area contributed by atoms with Crippen molar-refractivity contribution in [1.82, 2.24) is 15.2 Å². The van der Waals surface area contributed by atoms with Crippen LogP contribution < -0.4 is 16.2 Å². The largest absolute Gasteiger partial charge is 0.354 e. The Morgan fingerprint density at radius 3 is 2.58 bits per heavy atom. The third-order valence-electron chi connectivity index (χ3n) is 5.85. The zero-order valence-corrected chi connectivity index (χ0v) is 18.1. The fourth-order valence-corrected chi connectivity index (χ4v) is 3.89. The van der Waals surface area contributed by atoms with Crippen LogP contribution in [0, 0.1) is 5.82 Å². The van der Waals surface area contributed by atoms with Gasteiger partial charge in [-0.25, -0.2) is 4.39 Å². The Morgan fingerprint density at radius 1 is 1.13 bits per heavy atom. The number of carbonyl (C=O) groups is 2. The molecule has 166 valence electrons. The van der Waals surface area contributed by atoms with Gasteiger partial charge < -0.3 is 15.2 Å². The van der Waals surface area contributed by atoms with E-state index >= 15 is 0 Å². The monoisotopic (exact) mass is 427 g/mol. The number of pyridine rings is 1. The van der Waals surface area contributed by atoms with Gasteiger partial charge in [0.1, 0.15) is 17.9 Å². The number of halogens is 1. The van der Waals surface area contributed by atoms with Gasteiger partial charge in [-0.3, -0.25) is 14.4 Å². The van der Waals surface area contributed by atoms with Gasteiger partial charge in [0.15, 0.2) is 0 Å². The molecule has 1 heterocycles. The van der Waals surface area contributed by atoms with Crippen LogP contribution in [0.2, 0.25) is 0 Å². The topological polar surface area (TPSA) is 80.2 Å². The first-order valence-electron chi connectivity index (χ1n) is 10.8. The van der Waals surface area contributed by atoms with E-state index in [2.05, 4.69) is 10.6 Å². The molecule has 1 aliphatic carbocycles. The standard InChI is InChI=1S/C24H30FN3O3/c1-24(2,17-8-6-9-18(25)14-17)16-26-21(29)15-28-13-7-12-20(23(28)31)22(30)27-19-10-4-3-5-11-19/h6-9,12-14,19H,3-5,10-11,15-16H2,1-2H3,(H,26,29)(H,27,30). The number of hydrogen-bond donors (Lipinski definition) is 2. The molecular weight excluding hydrogens is 397 g/mol. The Labute approximate surface area is 181 Å². The molecule has 1 fully saturated rings. The molecule has 0 unspecified atom stereocenters. The highest BCUT2D eigenvalue weighted by Gasteiger charge is 2.23. The third-order valence-corrected chi connectivity index (χ3v) is 5.85. The minimum absolute atomic E-state index is 0.0426. The van der Waals surface area contributed by atoms with Crippen LogP contribution in [-0.2, 0) is 16.8 Å². The molecule has 1 aromatic carbocycles. The van der Waals surface area contributed by atoms with Crippen molar-refractivity contribution >= 4 is 11.8 Å². The number of nitrogens with zero attached hydrogens (tertiary/aromatic N) is 1. The first-order chi connectivity index (χ1) is 14.8. The summed E-state index contributed by atoms with van der Waals surface area (Å²) in [5.74, 6) is -1.07. The average molecular weight is 428 g/mol. The van der Waals surface area contributed by atoms with Gasteiger partial charge in [-0.1, -0.05) is 45.2 Å². The van der Waals surface area contributed by atoms with Crippen LogP contribution in [0.25, 0.3) is 0 Å². The molecule has 0 saturated heterocycles. The Morgan fingerprint density at radius 2 is 1.87 bits per heavy atom. The van der Waals surface area contributed by atoms with Crippen LogP contribution in [-0.4, -0.2) is 29.0 Å².